The Bertz CT molecular complexity index is 575. The van der Waals surface area contributed by atoms with Gasteiger partial charge in [0.15, 0.2) is 0 Å². The van der Waals surface area contributed by atoms with Crippen LogP contribution in [0, 0.1) is 6.92 Å². The molecule has 106 valence electrons. The lowest BCUT2D eigenvalue weighted by molar-refractivity contribution is 0.334. The molecule has 0 aliphatic rings. The van der Waals surface area contributed by atoms with Crippen molar-refractivity contribution in [2.24, 2.45) is 0 Å². The first-order valence-corrected chi connectivity index (χ1v) is 6.30. The summed E-state index contributed by atoms with van der Waals surface area (Å²) in [6.45, 7) is 2.92. The molecule has 1 heterocycles. The van der Waals surface area contributed by atoms with E-state index in [2.05, 4.69) is 15.3 Å². The number of benzene rings is 1. The highest BCUT2D eigenvalue weighted by Crippen LogP contribution is 2.19. The van der Waals surface area contributed by atoms with E-state index in [1.807, 2.05) is 25.1 Å². The van der Waals surface area contributed by atoms with Gasteiger partial charge in [-0.3, -0.25) is 0 Å². The lowest BCUT2D eigenvalue weighted by Gasteiger charge is -2.10. The van der Waals surface area contributed by atoms with E-state index in [1.54, 1.807) is 19.2 Å². The molecule has 0 saturated heterocycles. The second kappa shape index (κ2) is 6.60. The maximum absolute atomic E-state index is 5.79. The van der Waals surface area contributed by atoms with Crippen LogP contribution in [-0.4, -0.2) is 30.2 Å². The van der Waals surface area contributed by atoms with E-state index in [-0.39, 0.29) is 0 Å². The number of nitrogen functional groups attached to an aromatic ring is 1. The Morgan fingerprint density at radius 3 is 2.80 bits per heavy atom. The zero-order chi connectivity index (χ0) is 14.4. The summed E-state index contributed by atoms with van der Waals surface area (Å²) < 4.78 is 10.7. The van der Waals surface area contributed by atoms with Crippen molar-refractivity contribution >= 4 is 11.6 Å². The van der Waals surface area contributed by atoms with E-state index >= 15 is 0 Å². The molecule has 0 spiro atoms. The van der Waals surface area contributed by atoms with E-state index in [0.717, 1.165) is 5.69 Å². The van der Waals surface area contributed by atoms with Crippen LogP contribution >= 0.6 is 0 Å². The van der Waals surface area contributed by atoms with E-state index in [9.17, 15) is 0 Å². The third-order valence-electron chi connectivity index (χ3n) is 2.60. The van der Waals surface area contributed by atoms with Crippen LogP contribution in [0.25, 0.3) is 0 Å². The summed E-state index contributed by atoms with van der Waals surface area (Å²) in [5.41, 5.74) is 7.25. The molecule has 1 aromatic heterocycles. The van der Waals surface area contributed by atoms with Crippen molar-refractivity contribution in [3.63, 3.8) is 0 Å². The molecular formula is C14H18N4O2. The number of ether oxygens (including phenoxy) is 2. The van der Waals surface area contributed by atoms with Crippen LogP contribution < -0.4 is 20.5 Å². The smallest absolute Gasteiger partial charge is 0.226 e. The predicted molar refractivity (Wildman–Crippen MR) is 78.2 cm³/mol. The average Bonchev–Trinajstić information content (AvgIpc) is 2.44. The number of rotatable bonds is 6. The molecular weight excluding hydrogens is 256 g/mol. The number of nitrogens with two attached hydrogens (primary N) is 1. The molecule has 0 radical (unpaired) electrons. The quantitative estimate of drug-likeness (QED) is 0.618. The lowest BCUT2D eigenvalue weighted by Crippen LogP contribution is -2.14. The third-order valence-corrected chi connectivity index (χ3v) is 2.60. The van der Waals surface area contributed by atoms with Gasteiger partial charge in [0.05, 0.1) is 19.3 Å². The average molecular weight is 274 g/mol. The topological polar surface area (TPSA) is 82.3 Å². The monoisotopic (exact) mass is 274 g/mol. The van der Waals surface area contributed by atoms with Crippen LogP contribution in [0.5, 0.6) is 11.6 Å². The minimum Gasteiger partial charge on any atom is -0.490 e. The fourth-order valence-electron chi connectivity index (χ4n) is 1.66. The van der Waals surface area contributed by atoms with E-state index in [1.165, 1.54) is 0 Å². The number of nitrogens with one attached hydrogen (secondary N) is 1. The first kappa shape index (κ1) is 13.9. The Morgan fingerprint density at radius 2 is 2.05 bits per heavy atom. The number of aryl methyl sites for hydroxylation is 1. The van der Waals surface area contributed by atoms with Crippen molar-refractivity contribution in [2.75, 3.05) is 31.3 Å². The molecule has 20 heavy (non-hydrogen) atoms. The van der Waals surface area contributed by atoms with E-state index in [0.29, 0.717) is 36.4 Å². The lowest BCUT2D eigenvalue weighted by atomic mass is 10.3. The second-order valence-electron chi connectivity index (χ2n) is 4.19. The van der Waals surface area contributed by atoms with Gasteiger partial charge in [0.2, 0.25) is 11.8 Å². The van der Waals surface area contributed by atoms with Crippen molar-refractivity contribution in [1.82, 2.24) is 9.97 Å². The molecule has 1 aromatic carbocycles. The van der Waals surface area contributed by atoms with E-state index < -0.39 is 0 Å². The van der Waals surface area contributed by atoms with Crippen molar-refractivity contribution in [3.05, 3.63) is 36.0 Å². The third kappa shape index (κ3) is 3.74. The van der Waals surface area contributed by atoms with Crippen LogP contribution in [0.4, 0.5) is 11.6 Å². The summed E-state index contributed by atoms with van der Waals surface area (Å²) in [6.07, 6.45) is 0. The molecule has 0 bridgehead atoms. The van der Waals surface area contributed by atoms with Gasteiger partial charge in [0.25, 0.3) is 0 Å². The Balaban J connectivity index is 1.84. The molecule has 6 heteroatoms. The molecule has 2 rings (SSSR count). The van der Waals surface area contributed by atoms with Crippen molar-refractivity contribution in [2.45, 2.75) is 6.92 Å². The molecule has 0 aliphatic carbocycles. The van der Waals surface area contributed by atoms with E-state index in [4.69, 9.17) is 15.2 Å². The molecule has 3 N–H and O–H groups in total. The standard InChI is InChI=1S/C14H18N4O2/c1-10-9-13(19-2)18-14(17-10)16-7-8-20-12-6-4-3-5-11(12)15/h3-6,9H,7-8,15H2,1-2H3,(H,16,17,18). The van der Waals surface area contributed by atoms with Gasteiger partial charge in [-0.05, 0) is 19.1 Å². The maximum atomic E-state index is 5.79. The molecule has 0 amide bonds. The number of nitrogens with zero attached hydrogens (tertiary/aromatic N) is 2. The van der Waals surface area contributed by atoms with Crippen molar-refractivity contribution in [1.29, 1.82) is 0 Å². The number of methoxy groups -OCH3 is 1. The van der Waals surface area contributed by atoms with Crippen molar-refractivity contribution < 1.29 is 9.47 Å². The Morgan fingerprint density at radius 1 is 1.25 bits per heavy atom. The predicted octanol–water partition coefficient (Wildman–Crippen LogP) is 1.87. The van der Waals surface area contributed by atoms with Crippen LogP contribution in [0.15, 0.2) is 30.3 Å². The zero-order valence-corrected chi connectivity index (χ0v) is 11.6. The van der Waals surface area contributed by atoms with Crippen LogP contribution in [0.3, 0.4) is 0 Å². The summed E-state index contributed by atoms with van der Waals surface area (Å²) in [4.78, 5) is 8.45. The van der Waals surface area contributed by atoms with Crippen molar-refractivity contribution in [3.8, 4) is 11.6 Å². The normalized spacial score (nSPS) is 10.1. The minimum atomic E-state index is 0.466. The van der Waals surface area contributed by atoms with Gasteiger partial charge in [-0.2, -0.15) is 4.98 Å². The minimum absolute atomic E-state index is 0.466. The highest BCUT2D eigenvalue weighted by atomic mass is 16.5. The van der Waals surface area contributed by atoms with Gasteiger partial charge in [-0.1, -0.05) is 12.1 Å². The number of anilines is 2. The van der Waals surface area contributed by atoms with Gasteiger partial charge in [0, 0.05) is 11.8 Å². The Hall–Kier alpha value is -2.50. The molecule has 0 fully saturated rings. The fourth-order valence-corrected chi connectivity index (χ4v) is 1.66. The van der Waals surface area contributed by atoms with Gasteiger partial charge in [-0.15, -0.1) is 0 Å². The highest BCUT2D eigenvalue weighted by Gasteiger charge is 2.02. The van der Waals surface area contributed by atoms with Crippen LogP contribution in [0.2, 0.25) is 0 Å². The number of aromatic nitrogens is 2. The Labute approximate surface area is 118 Å². The molecule has 2 aromatic rings. The summed E-state index contributed by atoms with van der Waals surface area (Å²) >= 11 is 0. The van der Waals surface area contributed by atoms with Crippen LogP contribution in [0.1, 0.15) is 5.69 Å². The number of para-hydroxylation sites is 2. The first-order chi connectivity index (χ1) is 9.69. The summed E-state index contributed by atoms with van der Waals surface area (Å²) in [5, 5.41) is 3.08. The Kier molecular flexibility index (Phi) is 4.60. The summed E-state index contributed by atoms with van der Waals surface area (Å²) in [5.74, 6) is 1.73. The highest BCUT2D eigenvalue weighted by molar-refractivity contribution is 5.51. The summed E-state index contributed by atoms with van der Waals surface area (Å²) in [7, 11) is 1.58. The second-order valence-corrected chi connectivity index (χ2v) is 4.19. The molecule has 0 atom stereocenters. The molecule has 6 nitrogen and oxygen atoms in total. The molecule has 0 unspecified atom stereocenters. The fraction of sp³-hybridized carbons (Fsp3) is 0.286. The molecule has 0 saturated carbocycles. The largest absolute Gasteiger partial charge is 0.490 e. The van der Waals surface area contributed by atoms with Gasteiger partial charge in [0.1, 0.15) is 12.4 Å². The van der Waals surface area contributed by atoms with Gasteiger partial charge < -0.3 is 20.5 Å². The van der Waals surface area contributed by atoms with Crippen LogP contribution in [-0.2, 0) is 0 Å². The zero-order valence-electron chi connectivity index (χ0n) is 11.6. The van der Waals surface area contributed by atoms with Gasteiger partial charge >= 0.3 is 0 Å². The SMILES string of the molecule is COc1cc(C)nc(NCCOc2ccccc2N)n1. The van der Waals surface area contributed by atoms with Gasteiger partial charge in [-0.25, -0.2) is 4.98 Å². The first-order valence-electron chi connectivity index (χ1n) is 6.30. The number of hydrogen-bond donors (Lipinski definition) is 2. The summed E-state index contributed by atoms with van der Waals surface area (Å²) in [6, 6.07) is 9.16. The molecule has 0 aliphatic heterocycles. The maximum Gasteiger partial charge on any atom is 0.226 e. The number of hydrogen-bond acceptors (Lipinski definition) is 6.